The third-order valence-corrected chi connectivity index (χ3v) is 15.7. The van der Waals surface area contributed by atoms with Gasteiger partial charge < -0.3 is 20.6 Å². The van der Waals surface area contributed by atoms with E-state index in [9.17, 15) is 20.1 Å². The van der Waals surface area contributed by atoms with E-state index in [-0.39, 0.29) is 6.61 Å². The average molecular weight is 977 g/mol. The number of rotatable bonds is 61. The minimum atomic E-state index is -1.07. The van der Waals surface area contributed by atoms with Crippen LogP contribution < -0.4 is 5.32 Å². The quantitative estimate of drug-likeness (QED) is 0.0457. The number of unbranched alkanes of at least 4 members (excludes halogenated alkanes) is 53. The first kappa shape index (κ1) is 68.4. The SMILES string of the molecule is CCCCCCCCCCCCCCCCCCCCCCCCCCCCCCCCCC(O)C(=O)NC(CO)C(O)CCCCCCCCCCCCCCCCCCCCCCCCCC. The minimum Gasteiger partial charge on any atom is -0.394 e. The molecule has 0 aromatic heterocycles. The molecule has 4 N–H and O–H groups in total. The first-order chi connectivity index (χ1) is 34.1. The molecule has 0 aliphatic heterocycles. The maximum atomic E-state index is 12.6. The maximum absolute atomic E-state index is 12.6. The van der Waals surface area contributed by atoms with Crippen LogP contribution in [0.1, 0.15) is 380 Å². The summed E-state index contributed by atoms with van der Waals surface area (Å²) in [5, 5.41) is 33.7. The van der Waals surface area contributed by atoms with Gasteiger partial charge >= 0.3 is 0 Å². The first-order valence-corrected chi connectivity index (χ1v) is 32.3. The second-order valence-corrected chi connectivity index (χ2v) is 22.7. The topological polar surface area (TPSA) is 89.8 Å². The smallest absolute Gasteiger partial charge is 0.249 e. The number of nitrogens with one attached hydrogen (secondary N) is 1. The minimum absolute atomic E-state index is 0.307. The summed E-state index contributed by atoms with van der Waals surface area (Å²) in [6, 6.07) is -0.708. The van der Waals surface area contributed by atoms with Gasteiger partial charge in [-0.15, -0.1) is 0 Å². The lowest BCUT2D eigenvalue weighted by Crippen LogP contribution is -2.49. The van der Waals surface area contributed by atoms with E-state index in [2.05, 4.69) is 19.2 Å². The molecule has 0 rings (SSSR count). The van der Waals surface area contributed by atoms with Gasteiger partial charge in [0.1, 0.15) is 6.10 Å². The van der Waals surface area contributed by atoms with Crippen molar-refractivity contribution in [2.45, 2.75) is 398 Å². The van der Waals surface area contributed by atoms with Crippen LogP contribution in [0, 0.1) is 0 Å². The van der Waals surface area contributed by atoms with Gasteiger partial charge in [-0.2, -0.15) is 0 Å². The molecule has 3 unspecified atom stereocenters. The van der Waals surface area contributed by atoms with Gasteiger partial charge in [-0.3, -0.25) is 4.79 Å². The monoisotopic (exact) mass is 976 g/mol. The highest BCUT2D eigenvalue weighted by Crippen LogP contribution is 2.20. The molecule has 3 atom stereocenters. The van der Waals surface area contributed by atoms with Crippen LogP contribution in [0.5, 0.6) is 0 Å². The Morgan fingerprint density at radius 3 is 0.652 bits per heavy atom. The van der Waals surface area contributed by atoms with Gasteiger partial charge in [0.25, 0.3) is 0 Å². The van der Waals surface area contributed by atoms with Crippen LogP contribution >= 0.6 is 0 Å². The molecule has 0 heterocycles. The molecule has 0 bridgehead atoms. The molecule has 5 heteroatoms. The van der Waals surface area contributed by atoms with E-state index in [1.54, 1.807) is 0 Å². The highest BCUT2D eigenvalue weighted by Gasteiger charge is 2.23. The van der Waals surface area contributed by atoms with Crippen LogP contribution in [0.4, 0.5) is 0 Å². The van der Waals surface area contributed by atoms with Gasteiger partial charge in [-0.25, -0.2) is 0 Å². The fourth-order valence-electron chi connectivity index (χ4n) is 10.7. The summed E-state index contributed by atoms with van der Waals surface area (Å²) in [6.45, 7) is 4.29. The Bertz CT molecular complexity index is 944. The van der Waals surface area contributed by atoms with Crippen LogP contribution in [0.2, 0.25) is 0 Å². The van der Waals surface area contributed by atoms with Gasteiger partial charge in [-0.1, -0.05) is 367 Å². The van der Waals surface area contributed by atoms with Crippen molar-refractivity contribution in [3.05, 3.63) is 0 Å². The molecule has 0 aliphatic rings. The van der Waals surface area contributed by atoms with E-state index in [4.69, 9.17) is 0 Å². The number of aliphatic hydroxyl groups is 3. The number of hydrogen-bond acceptors (Lipinski definition) is 4. The van der Waals surface area contributed by atoms with Crippen LogP contribution in [0.3, 0.4) is 0 Å². The average Bonchev–Trinajstić information content (AvgIpc) is 3.35. The van der Waals surface area contributed by atoms with Crippen LogP contribution in [-0.2, 0) is 4.79 Å². The van der Waals surface area contributed by atoms with Crippen molar-refractivity contribution in [1.29, 1.82) is 0 Å². The molecule has 5 nitrogen and oxygen atoms in total. The van der Waals surface area contributed by atoms with E-state index in [1.165, 1.54) is 321 Å². The number of amides is 1. The summed E-state index contributed by atoms with van der Waals surface area (Å²) in [6.07, 6.45) is 74.8. The summed E-state index contributed by atoms with van der Waals surface area (Å²) in [5.74, 6) is -0.460. The molecule has 0 aliphatic carbocycles. The summed E-state index contributed by atoms with van der Waals surface area (Å²) in [4.78, 5) is 12.6. The van der Waals surface area contributed by atoms with Crippen LogP contribution in [-0.4, -0.2) is 46.1 Å². The Balaban J connectivity index is 3.44. The predicted molar refractivity (Wildman–Crippen MR) is 306 cm³/mol. The summed E-state index contributed by atoms with van der Waals surface area (Å²) in [5.41, 5.74) is 0. The zero-order chi connectivity index (χ0) is 50.0. The Hall–Kier alpha value is -0.650. The number of carbonyl (C=O) groups excluding carboxylic acids is 1. The lowest BCUT2D eigenvalue weighted by Gasteiger charge is -2.23. The van der Waals surface area contributed by atoms with Gasteiger partial charge in [0.15, 0.2) is 0 Å². The Labute approximate surface area is 434 Å². The molecular formula is C64H129NO4. The zero-order valence-electron chi connectivity index (χ0n) is 47.5. The van der Waals surface area contributed by atoms with Gasteiger partial charge in [0.2, 0.25) is 5.91 Å². The van der Waals surface area contributed by atoms with Crippen molar-refractivity contribution in [3.8, 4) is 0 Å². The van der Waals surface area contributed by atoms with Gasteiger partial charge in [0.05, 0.1) is 18.8 Å². The molecule has 1 amide bonds. The molecule has 414 valence electrons. The van der Waals surface area contributed by atoms with E-state index >= 15 is 0 Å². The third kappa shape index (κ3) is 54.9. The lowest BCUT2D eigenvalue weighted by molar-refractivity contribution is -0.131. The summed E-state index contributed by atoms with van der Waals surface area (Å²) >= 11 is 0. The van der Waals surface area contributed by atoms with Crippen molar-refractivity contribution < 1.29 is 20.1 Å². The van der Waals surface area contributed by atoms with Crippen molar-refractivity contribution in [1.82, 2.24) is 5.32 Å². The summed E-state index contributed by atoms with van der Waals surface area (Å²) < 4.78 is 0. The Morgan fingerprint density at radius 1 is 0.290 bits per heavy atom. The van der Waals surface area contributed by atoms with E-state index in [0.29, 0.717) is 12.8 Å². The van der Waals surface area contributed by atoms with Crippen molar-refractivity contribution in [2.75, 3.05) is 6.61 Å². The molecule has 0 saturated heterocycles. The molecule has 0 spiro atoms. The molecule has 0 saturated carbocycles. The fourth-order valence-corrected chi connectivity index (χ4v) is 10.7. The second kappa shape index (κ2) is 59.9. The van der Waals surface area contributed by atoms with Crippen LogP contribution in [0.25, 0.3) is 0 Å². The molecule has 0 radical (unpaired) electrons. The fraction of sp³-hybridized carbons (Fsp3) is 0.984. The second-order valence-electron chi connectivity index (χ2n) is 22.7. The van der Waals surface area contributed by atoms with E-state index in [0.717, 1.165) is 32.1 Å². The highest BCUT2D eigenvalue weighted by molar-refractivity contribution is 5.80. The van der Waals surface area contributed by atoms with E-state index in [1.807, 2.05) is 0 Å². The number of hydrogen-bond donors (Lipinski definition) is 4. The zero-order valence-corrected chi connectivity index (χ0v) is 47.5. The normalized spacial score (nSPS) is 13.1. The Morgan fingerprint density at radius 2 is 0.464 bits per heavy atom. The predicted octanol–water partition coefficient (Wildman–Crippen LogP) is 20.5. The molecule has 0 aromatic carbocycles. The Kier molecular flexibility index (Phi) is 59.3. The molecule has 69 heavy (non-hydrogen) atoms. The van der Waals surface area contributed by atoms with Crippen molar-refractivity contribution in [3.63, 3.8) is 0 Å². The van der Waals surface area contributed by atoms with Gasteiger partial charge in [-0.05, 0) is 12.8 Å². The molecule has 0 aromatic rings. The molecule has 0 fully saturated rings. The van der Waals surface area contributed by atoms with Gasteiger partial charge in [0, 0.05) is 0 Å². The lowest BCUT2D eigenvalue weighted by atomic mass is 10.0. The van der Waals surface area contributed by atoms with Crippen LogP contribution in [0.15, 0.2) is 0 Å². The number of aliphatic hydroxyl groups excluding tert-OH is 3. The van der Waals surface area contributed by atoms with E-state index < -0.39 is 24.2 Å². The third-order valence-electron chi connectivity index (χ3n) is 15.7. The van der Waals surface area contributed by atoms with Crippen molar-refractivity contribution >= 4 is 5.91 Å². The largest absolute Gasteiger partial charge is 0.394 e. The van der Waals surface area contributed by atoms with Crippen molar-refractivity contribution in [2.24, 2.45) is 0 Å². The first-order valence-electron chi connectivity index (χ1n) is 32.3. The summed E-state index contributed by atoms with van der Waals surface area (Å²) in [7, 11) is 0. The molecular weight excluding hydrogens is 847 g/mol. The maximum Gasteiger partial charge on any atom is 0.249 e. The number of carbonyl (C=O) groups is 1. The standard InChI is InChI=1S/C64H129NO4/c1-3-5-7-9-11-13-15-17-19-21-23-25-27-29-30-31-32-33-34-35-37-39-41-43-45-47-49-51-53-55-57-59-63(68)64(69)65-61(60-66)62(67)58-56-54-52-50-48-46-44-42-40-38-36-28-26-24-22-20-18-16-14-12-10-8-6-4-2/h61-63,66-68H,3-60H2,1-2H3,(H,65,69). The highest BCUT2D eigenvalue weighted by atomic mass is 16.3.